The van der Waals surface area contributed by atoms with Gasteiger partial charge in [0.05, 0.1) is 13.3 Å². The van der Waals surface area contributed by atoms with Gasteiger partial charge in [-0.2, -0.15) is 0 Å². The maximum absolute atomic E-state index is 11.8. The first-order valence-corrected chi connectivity index (χ1v) is 5.51. The third kappa shape index (κ3) is 2.66. The topological polar surface area (TPSA) is 121 Å². The fourth-order valence-electron chi connectivity index (χ4n) is 1.83. The van der Waals surface area contributed by atoms with Crippen molar-refractivity contribution < 1.29 is 18.7 Å². The van der Waals surface area contributed by atoms with Crippen LogP contribution in [0.5, 0.6) is 0 Å². The molecule has 1 saturated heterocycles. The number of carbonyl (C=O) groups excluding carboxylic acids is 2. The van der Waals surface area contributed by atoms with Crippen molar-refractivity contribution in [2.75, 3.05) is 25.1 Å². The largest absolute Gasteiger partial charge is 0.463 e. The van der Waals surface area contributed by atoms with E-state index in [1.807, 2.05) is 0 Å². The minimum absolute atomic E-state index is 0.0498. The molecule has 1 aliphatic heterocycles. The monoisotopic (exact) mass is 265 g/mol. The lowest BCUT2D eigenvalue weighted by Crippen LogP contribution is -2.25. The van der Waals surface area contributed by atoms with Crippen molar-refractivity contribution in [2.24, 2.45) is 11.0 Å². The third-order valence-corrected chi connectivity index (χ3v) is 2.72. The number of azide groups is 1. The second-order valence-electron chi connectivity index (χ2n) is 3.99. The second-order valence-corrected chi connectivity index (χ2v) is 3.99. The van der Waals surface area contributed by atoms with Crippen molar-refractivity contribution in [3.05, 3.63) is 22.4 Å². The highest BCUT2D eigenvalue weighted by Gasteiger charge is 2.33. The van der Waals surface area contributed by atoms with Crippen molar-refractivity contribution in [1.29, 1.82) is 0 Å². The number of oxazole rings is 1. The van der Waals surface area contributed by atoms with Crippen LogP contribution in [0.1, 0.15) is 17.0 Å². The molecule has 0 aromatic carbocycles. The molecule has 0 N–H and O–H groups in total. The average Bonchev–Trinajstić information content (AvgIpc) is 3.02. The Hall–Kier alpha value is -2.54. The predicted octanol–water partition coefficient (Wildman–Crippen LogP) is 1.12. The van der Waals surface area contributed by atoms with E-state index in [2.05, 4.69) is 19.7 Å². The van der Waals surface area contributed by atoms with Gasteiger partial charge in [-0.25, -0.2) is 9.78 Å². The summed E-state index contributed by atoms with van der Waals surface area (Å²) >= 11 is 0. The molecule has 9 heteroatoms. The summed E-state index contributed by atoms with van der Waals surface area (Å²) in [6, 6.07) is 0.0498. The molecule has 0 bridgehead atoms. The lowest BCUT2D eigenvalue weighted by atomic mass is 10.1. The molecule has 19 heavy (non-hydrogen) atoms. The maximum Gasteiger partial charge on any atom is 0.375 e. The van der Waals surface area contributed by atoms with Gasteiger partial charge in [0.1, 0.15) is 0 Å². The first kappa shape index (κ1) is 12.9. The number of carbonyl (C=O) groups is 2. The highest BCUT2D eigenvalue weighted by molar-refractivity contribution is 5.94. The smallest absolute Gasteiger partial charge is 0.375 e. The van der Waals surface area contributed by atoms with E-state index in [4.69, 9.17) is 9.95 Å². The molecule has 9 nitrogen and oxygen atoms in total. The van der Waals surface area contributed by atoms with Crippen LogP contribution in [0.15, 0.2) is 15.7 Å². The first-order chi connectivity index (χ1) is 9.15. The van der Waals surface area contributed by atoms with E-state index in [0.29, 0.717) is 6.54 Å². The number of rotatable bonds is 4. The summed E-state index contributed by atoms with van der Waals surface area (Å²) < 4.78 is 9.64. The number of aromatic nitrogens is 1. The number of hydrogen-bond acceptors (Lipinski definition) is 6. The van der Waals surface area contributed by atoms with Crippen LogP contribution in [0.4, 0.5) is 6.01 Å². The zero-order valence-electron chi connectivity index (χ0n) is 10.1. The first-order valence-electron chi connectivity index (χ1n) is 5.51. The molecule has 0 radical (unpaired) electrons. The van der Waals surface area contributed by atoms with Crippen LogP contribution in [0.2, 0.25) is 0 Å². The van der Waals surface area contributed by atoms with E-state index in [9.17, 15) is 9.59 Å². The van der Waals surface area contributed by atoms with Crippen molar-refractivity contribution in [2.45, 2.75) is 6.42 Å². The molecule has 1 amide bonds. The lowest BCUT2D eigenvalue weighted by molar-refractivity contribution is -0.117. The van der Waals surface area contributed by atoms with Crippen LogP contribution in [-0.4, -0.2) is 37.1 Å². The molecule has 1 fully saturated rings. The molecule has 2 rings (SSSR count). The SMILES string of the molecule is COC(=O)c1cnc(N2CC(CN=[N+]=[N-])CC2=O)o1. The maximum atomic E-state index is 11.8. The van der Waals surface area contributed by atoms with Gasteiger partial charge in [-0.1, -0.05) is 5.11 Å². The number of methoxy groups -OCH3 is 1. The van der Waals surface area contributed by atoms with E-state index in [1.165, 1.54) is 18.2 Å². The molecule has 1 atom stereocenters. The number of anilines is 1. The molecule has 2 heterocycles. The van der Waals surface area contributed by atoms with Crippen molar-refractivity contribution in [3.63, 3.8) is 0 Å². The Kier molecular flexibility index (Phi) is 3.67. The standard InChI is InChI=1S/C10H11N5O4/c1-18-9(17)7-4-12-10(19-7)15-5-6(2-8(15)16)3-13-14-11/h4,6H,2-3,5H2,1H3. The summed E-state index contributed by atoms with van der Waals surface area (Å²) in [7, 11) is 1.22. The van der Waals surface area contributed by atoms with E-state index >= 15 is 0 Å². The molecule has 1 unspecified atom stereocenters. The summed E-state index contributed by atoms with van der Waals surface area (Å²) in [5.74, 6) is -0.979. The Morgan fingerprint density at radius 1 is 1.79 bits per heavy atom. The number of ether oxygens (including phenoxy) is 1. The Bertz CT molecular complexity index is 548. The van der Waals surface area contributed by atoms with Crippen molar-refractivity contribution >= 4 is 17.9 Å². The van der Waals surface area contributed by atoms with Crippen molar-refractivity contribution in [1.82, 2.24) is 4.98 Å². The normalized spacial score (nSPS) is 18.3. The van der Waals surface area contributed by atoms with Gasteiger partial charge in [-0.15, -0.1) is 0 Å². The molecule has 1 aromatic rings. The molecule has 100 valence electrons. The zero-order valence-corrected chi connectivity index (χ0v) is 10.1. The summed E-state index contributed by atoms with van der Waals surface area (Å²) in [6.07, 6.45) is 1.46. The van der Waals surface area contributed by atoms with Crippen LogP contribution >= 0.6 is 0 Å². The quantitative estimate of drug-likeness (QED) is 0.349. The minimum atomic E-state index is -0.656. The third-order valence-electron chi connectivity index (χ3n) is 2.72. The highest BCUT2D eigenvalue weighted by Crippen LogP contribution is 2.25. The summed E-state index contributed by atoms with van der Waals surface area (Å²) in [4.78, 5) is 30.8. The van der Waals surface area contributed by atoms with E-state index < -0.39 is 5.97 Å². The minimum Gasteiger partial charge on any atom is -0.463 e. The van der Waals surface area contributed by atoms with Gasteiger partial charge < -0.3 is 9.15 Å². The van der Waals surface area contributed by atoms with Gasteiger partial charge in [0.2, 0.25) is 11.7 Å². The highest BCUT2D eigenvalue weighted by atomic mass is 16.5. The van der Waals surface area contributed by atoms with Gasteiger partial charge in [0.15, 0.2) is 0 Å². The van der Waals surface area contributed by atoms with E-state index in [-0.39, 0.29) is 36.6 Å². The molecule has 1 aromatic heterocycles. The van der Waals surface area contributed by atoms with Crippen LogP contribution in [0, 0.1) is 5.92 Å². The van der Waals surface area contributed by atoms with Crippen molar-refractivity contribution in [3.8, 4) is 0 Å². The van der Waals surface area contributed by atoms with Gasteiger partial charge in [0.25, 0.3) is 0 Å². The Morgan fingerprint density at radius 3 is 3.26 bits per heavy atom. The number of amides is 1. The molecular formula is C10H11N5O4. The van der Waals surface area contributed by atoms with Gasteiger partial charge >= 0.3 is 12.0 Å². The van der Waals surface area contributed by atoms with Gasteiger partial charge in [-0.3, -0.25) is 9.69 Å². The Balaban J connectivity index is 2.09. The zero-order chi connectivity index (χ0) is 13.8. The average molecular weight is 265 g/mol. The van der Waals surface area contributed by atoms with E-state index in [0.717, 1.165) is 0 Å². The van der Waals surface area contributed by atoms with Crippen LogP contribution in [0.3, 0.4) is 0 Å². The molecule has 0 spiro atoms. The molecular weight excluding hydrogens is 254 g/mol. The summed E-state index contributed by atoms with van der Waals surface area (Å²) in [5.41, 5.74) is 8.24. The molecule has 0 saturated carbocycles. The van der Waals surface area contributed by atoms with Crippen LogP contribution in [0.25, 0.3) is 10.4 Å². The summed E-state index contributed by atoms with van der Waals surface area (Å²) in [5, 5.41) is 3.44. The number of esters is 1. The lowest BCUT2D eigenvalue weighted by Gasteiger charge is -2.10. The fourth-order valence-corrected chi connectivity index (χ4v) is 1.83. The Morgan fingerprint density at radius 2 is 2.58 bits per heavy atom. The van der Waals surface area contributed by atoms with Crippen LogP contribution in [-0.2, 0) is 9.53 Å². The molecule has 1 aliphatic rings. The van der Waals surface area contributed by atoms with Gasteiger partial charge in [-0.05, 0) is 11.4 Å². The van der Waals surface area contributed by atoms with E-state index in [1.54, 1.807) is 0 Å². The summed E-state index contributed by atoms with van der Waals surface area (Å²) in [6.45, 7) is 0.586. The second kappa shape index (κ2) is 5.40. The van der Waals surface area contributed by atoms with Crippen LogP contribution < -0.4 is 4.90 Å². The van der Waals surface area contributed by atoms with Gasteiger partial charge in [0, 0.05) is 24.4 Å². The number of nitrogens with zero attached hydrogens (tertiary/aromatic N) is 5. The fraction of sp³-hybridized carbons (Fsp3) is 0.500. The molecule has 0 aliphatic carbocycles. The predicted molar refractivity (Wildman–Crippen MR) is 62.3 cm³/mol. The Labute approximate surface area is 107 Å². The number of hydrogen-bond donors (Lipinski definition) is 0.